The molecule has 0 saturated heterocycles. The maximum absolute atomic E-state index is 13.2. The number of methoxy groups -OCH3 is 2. The van der Waals surface area contributed by atoms with E-state index in [0.717, 1.165) is 18.2 Å². The molecule has 0 heterocycles. The molecule has 0 aliphatic carbocycles. The van der Waals surface area contributed by atoms with Crippen LogP contribution in [0.2, 0.25) is 0 Å². The first-order valence-corrected chi connectivity index (χ1v) is 12.0. The van der Waals surface area contributed by atoms with E-state index in [2.05, 4.69) is 10.6 Å². The molecule has 0 saturated carbocycles. The van der Waals surface area contributed by atoms with E-state index in [4.69, 9.17) is 9.47 Å². The van der Waals surface area contributed by atoms with Gasteiger partial charge in [0, 0.05) is 40.7 Å². The monoisotopic (exact) mass is 603 g/mol. The van der Waals surface area contributed by atoms with Crippen molar-refractivity contribution in [1.82, 2.24) is 0 Å². The van der Waals surface area contributed by atoms with Crippen LogP contribution in [0.1, 0.15) is 26.3 Å². The number of benzene rings is 4. The lowest BCUT2D eigenvalue weighted by Crippen LogP contribution is -2.15. The number of anilines is 2. The molecule has 0 unspecified atom stereocenters. The zero-order valence-electron chi connectivity index (χ0n) is 22.4. The highest BCUT2D eigenvalue weighted by Gasteiger charge is 2.34. The number of ether oxygens (including phenoxy) is 2. The SMILES string of the molecule is COc1cccc(NC(=O)c2ccc(F)c(C(F)(F)F)c2)c1.COc1cccc(NC(=O)c2ccc(F)c([N+](=O)[O-])c2)c1. The zero-order valence-corrected chi connectivity index (χ0v) is 22.4. The van der Waals surface area contributed by atoms with Crippen LogP contribution in [-0.2, 0) is 6.18 Å². The molecule has 0 aliphatic heterocycles. The van der Waals surface area contributed by atoms with Gasteiger partial charge in [-0.05, 0) is 54.6 Å². The second-order valence-electron chi connectivity index (χ2n) is 8.49. The van der Waals surface area contributed by atoms with Crippen LogP contribution in [-0.4, -0.2) is 31.0 Å². The number of carbonyl (C=O) groups excluding carboxylic acids is 2. The molecule has 4 rings (SSSR count). The van der Waals surface area contributed by atoms with Gasteiger partial charge in [0.1, 0.15) is 17.3 Å². The molecule has 2 amide bonds. The number of carbonyl (C=O) groups is 2. The molecule has 0 spiro atoms. The third-order valence-corrected chi connectivity index (χ3v) is 5.59. The third-order valence-electron chi connectivity index (χ3n) is 5.59. The van der Waals surface area contributed by atoms with E-state index in [1.165, 1.54) is 26.4 Å². The lowest BCUT2D eigenvalue weighted by molar-refractivity contribution is -0.387. The van der Waals surface area contributed by atoms with Gasteiger partial charge >= 0.3 is 11.9 Å². The van der Waals surface area contributed by atoms with Gasteiger partial charge in [-0.25, -0.2) is 4.39 Å². The minimum atomic E-state index is -4.86. The van der Waals surface area contributed by atoms with Gasteiger partial charge in [-0.15, -0.1) is 0 Å². The van der Waals surface area contributed by atoms with Crippen molar-refractivity contribution in [2.24, 2.45) is 0 Å². The standard InChI is InChI=1S/C15H11F4NO2.C14H11FN2O4/c1-22-11-4-2-3-10(8-11)20-14(21)9-5-6-13(16)12(7-9)15(17,18)19;1-21-11-4-2-3-10(8-11)16-14(18)9-5-6-12(15)13(7-9)17(19)20/h2-8H,1H3,(H,20,21);2-8H,1H3,(H,16,18). The Hall–Kier alpha value is -5.53. The van der Waals surface area contributed by atoms with Crippen LogP contribution in [0.15, 0.2) is 84.9 Å². The van der Waals surface area contributed by atoms with E-state index < -0.39 is 45.8 Å². The van der Waals surface area contributed by atoms with Gasteiger partial charge in [-0.2, -0.15) is 17.6 Å². The molecule has 2 N–H and O–H groups in total. The lowest BCUT2D eigenvalue weighted by Gasteiger charge is -2.11. The van der Waals surface area contributed by atoms with E-state index >= 15 is 0 Å². The Morgan fingerprint density at radius 2 is 1.19 bits per heavy atom. The van der Waals surface area contributed by atoms with E-state index in [1.54, 1.807) is 42.5 Å². The number of nitrogens with zero attached hydrogens (tertiary/aromatic N) is 1. The van der Waals surface area contributed by atoms with E-state index in [0.29, 0.717) is 35.0 Å². The molecular weight excluding hydrogens is 581 g/mol. The zero-order chi connectivity index (χ0) is 31.7. The fourth-order valence-corrected chi connectivity index (χ4v) is 3.49. The summed E-state index contributed by atoms with van der Waals surface area (Å²) in [4.78, 5) is 33.7. The van der Waals surface area contributed by atoms with Crippen molar-refractivity contribution in [3.05, 3.63) is 123 Å². The van der Waals surface area contributed by atoms with Crippen LogP contribution in [0.3, 0.4) is 0 Å². The summed E-state index contributed by atoms with van der Waals surface area (Å²) in [7, 11) is 2.93. The minimum Gasteiger partial charge on any atom is -0.497 e. The van der Waals surface area contributed by atoms with Crippen molar-refractivity contribution >= 4 is 28.9 Å². The number of hydrogen-bond acceptors (Lipinski definition) is 6. The highest BCUT2D eigenvalue weighted by Crippen LogP contribution is 2.32. The average molecular weight is 604 g/mol. The summed E-state index contributed by atoms with van der Waals surface area (Å²) >= 11 is 0. The summed E-state index contributed by atoms with van der Waals surface area (Å²) in [5, 5.41) is 15.6. The van der Waals surface area contributed by atoms with Crippen molar-refractivity contribution < 1.29 is 45.9 Å². The van der Waals surface area contributed by atoms with Crippen LogP contribution in [0, 0.1) is 21.7 Å². The maximum Gasteiger partial charge on any atom is 0.419 e. The van der Waals surface area contributed by atoms with Gasteiger partial charge in [0.15, 0.2) is 0 Å². The lowest BCUT2D eigenvalue weighted by atomic mass is 10.1. The summed E-state index contributed by atoms with van der Waals surface area (Å²) < 4.78 is 74.3. The fourth-order valence-electron chi connectivity index (χ4n) is 3.49. The van der Waals surface area contributed by atoms with Crippen LogP contribution in [0.25, 0.3) is 0 Å². The van der Waals surface area contributed by atoms with Crippen LogP contribution < -0.4 is 20.1 Å². The molecule has 14 heteroatoms. The predicted molar refractivity (Wildman–Crippen MR) is 146 cm³/mol. The third kappa shape index (κ3) is 8.73. The molecule has 224 valence electrons. The van der Waals surface area contributed by atoms with Crippen LogP contribution in [0.5, 0.6) is 11.5 Å². The molecule has 9 nitrogen and oxygen atoms in total. The first-order chi connectivity index (χ1) is 20.3. The summed E-state index contributed by atoms with van der Waals surface area (Å²) in [5.41, 5.74) is -1.71. The van der Waals surface area contributed by atoms with Crippen molar-refractivity contribution in [2.45, 2.75) is 6.18 Å². The largest absolute Gasteiger partial charge is 0.497 e. The highest BCUT2D eigenvalue weighted by atomic mass is 19.4. The second-order valence-corrected chi connectivity index (χ2v) is 8.49. The van der Waals surface area contributed by atoms with Gasteiger partial charge in [-0.1, -0.05) is 12.1 Å². The highest BCUT2D eigenvalue weighted by molar-refractivity contribution is 6.05. The Kier molecular flexibility index (Phi) is 10.3. The van der Waals surface area contributed by atoms with Gasteiger partial charge in [0.05, 0.1) is 24.7 Å². The van der Waals surface area contributed by atoms with Gasteiger partial charge in [0.2, 0.25) is 5.82 Å². The van der Waals surface area contributed by atoms with Gasteiger partial charge < -0.3 is 20.1 Å². The quantitative estimate of drug-likeness (QED) is 0.132. The summed E-state index contributed by atoms with van der Waals surface area (Å²) in [6, 6.07) is 18.0. The fraction of sp³-hybridized carbons (Fsp3) is 0.103. The predicted octanol–water partition coefficient (Wildman–Crippen LogP) is 7.10. The molecule has 0 bridgehead atoms. The van der Waals surface area contributed by atoms with Crippen LogP contribution in [0.4, 0.5) is 39.0 Å². The van der Waals surface area contributed by atoms with Crippen molar-refractivity contribution in [1.29, 1.82) is 0 Å². The topological polar surface area (TPSA) is 120 Å². The number of nitro benzene ring substituents is 1. The van der Waals surface area contributed by atoms with Crippen molar-refractivity contribution in [2.75, 3.05) is 24.9 Å². The van der Waals surface area contributed by atoms with Gasteiger partial charge in [-0.3, -0.25) is 19.7 Å². The first kappa shape index (κ1) is 32.0. The Morgan fingerprint density at radius 3 is 1.63 bits per heavy atom. The molecule has 0 aromatic heterocycles. The summed E-state index contributed by atoms with van der Waals surface area (Å²) in [5.74, 6) is -2.74. The normalized spacial score (nSPS) is 10.6. The number of amides is 2. The van der Waals surface area contributed by atoms with Crippen LogP contribution >= 0.6 is 0 Å². The smallest absolute Gasteiger partial charge is 0.419 e. The van der Waals surface area contributed by atoms with E-state index in [-0.39, 0.29) is 11.1 Å². The van der Waals surface area contributed by atoms with E-state index in [1.807, 2.05) is 0 Å². The Morgan fingerprint density at radius 1 is 0.721 bits per heavy atom. The first-order valence-electron chi connectivity index (χ1n) is 12.0. The number of halogens is 5. The Balaban J connectivity index is 0.000000236. The Labute approximate surface area is 241 Å². The molecule has 0 radical (unpaired) electrons. The number of nitro groups is 1. The number of rotatable bonds is 7. The van der Waals surface area contributed by atoms with Crippen molar-refractivity contribution in [3.8, 4) is 11.5 Å². The Bertz CT molecular complexity index is 1650. The molecule has 4 aromatic rings. The molecule has 0 fully saturated rings. The average Bonchev–Trinajstić information content (AvgIpc) is 2.97. The number of hydrogen-bond donors (Lipinski definition) is 2. The maximum atomic E-state index is 13.2. The molecule has 4 aromatic carbocycles. The van der Waals surface area contributed by atoms with E-state index in [9.17, 15) is 41.7 Å². The number of nitrogens with one attached hydrogen (secondary N) is 2. The van der Waals surface area contributed by atoms with Gasteiger partial charge in [0.25, 0.3) is 11.8 Å². The molecule has 0 atom stereocenters. The number of alkyl halides is 3. The second kappa shape index (κ2) is 13.9. The minimum absolute atomic E-state index is 0.00841. The molecule has 43 heavy (non-hydrogen) atoms. The van der Waals surface area contributed by atoms with Crippen molar-refractivity contribution in [3.63, 3.8) is 0 Å². The summed E-state index contributed by atoms with van der Waals surface area (Å²) in [6.45, 7) is 0. The molecule has 0 aliphatic rings. The summed E-state index contributed by atoms with van der Waals surface area (Å²) in [6.07, 6.45) is -4.86. The molecular formula is C29H22F5N3O6.